The molecule has 1 atom stereocenters. The van der Waals surface area contributed by atoms with Crippen LogP contribution in [0.5, 0.6) is 17.2 Å². The molecule has 0 aliphatic carbocycles. The number of hydrogen-bond donors (Lipinski definition) is 1. The molecule has 36 heavy (non-hydrogen) atoms. The topological polar surface area (TPSA) is 85.3 Å². The average molecular weight is 488 g/mol. The Balaban J connectivity index is 1.91. The Morgan fingerprint density at radius 3 is 2.25 bits per heavy atom. The highest BCUT2D eigenvalue weighted by Gasteiger charge is 2.47. The van der Waals surface area contributed by atoms with Crippen molar-refractivity contribution in [1.82, 2.24) is 0 Å². The van der Waals surface area contributed by atoms with Gasteiger partial charge in [-0.2, -0.15) is 0 Å². The summed E-state index contributed by atoms with van der Waals surface area (Å²) in [6.45, 7) is 6.40. The Labute approximate surface area is 210 Å². The first kappa shape index (κ1) is 24.9. The molecule has 4 rings (SSSR count). The van der Waals surface area contributed by atoms with Gasteiger partial charge in [-0.3, -0.25) is 14.5 Å². The van der Waals surface area contributed by atoms with E-state index in [1.807, 2.05) is 51.1 Å². The number of aryl methyl sites for hydroxylation is 1. The largest absolute Gasteiger partial charge is 0.507 e. The maximum atomic E-state index is 13.4. The first-order chi connectivity index (χ1) is 17.4. The Morgan fingerprint density at radius 1 is 0.917 bits per heavy atom. The molecule has 7 heteroatoms. The number of carbonyl (C=O) groups is 2. The van der Waals surface area contributed by atoms with E-state index >= 15 is 0 Å². The second kappa shape index (κ2) is 10.6. The molecule has 0 radical (unpaired) electrons. The van der Waals surface area contributed by atoms with Crippen molar-refractivity contribution in [3.8, 4) is 17.2 Å². The van der Waals surface area contributed by atoms with Crippen molar-refractivity contribution in [2.45, 2.75) is 26.8 Å². The van der Waals surface area contributed by atoms with E-state index in [-0.39, 0.29) is 11.3 Å². The zero-order valence-corrected chi connectivity index (χ0v) is 20.8. The van der Waals surface area contributed by atoms with Gasteiger partial charge in [0.05, 0.1) is 31.9 Å². The number of carbonyl (C=O) groups excluding carboxylic acids is 2. The fourth-order valence-electron chi connectivity index (χ4n) is 4.41. The van der Waals surface area contributed by atoms with Gasteiger partial charge < -0.3 is 19.3 Å². The normalized spacial score (nSPS) is 16.8. The zero-order valence-electron chi connectivity index (χ0n) is 20.8. The van der Waals surface area contributed by atoms with E-state index in [2.05, 4.69) is 0 Å². The smallest absolute Gasteiger partial charge is 0.300 e. The van der Waals surface area contributed by atoms with Crippen molar-refractivity contribution >= 4 is 23.1 Å². The lowest BCUT2D eigenvalue weighted by atomic mass is 9.93. The third-order valence-corrected chi connectivity index (χ3v) is 6.05. The monoisotopic (exact) mass is 487 g/mol. The molecule has 0 bridgehead atoms. The van der Waals surface area contributed by atoms with Gasteiger partial charge in [0.2, 0.25) is 0 Å². The minimum atomic E-state index is -0.833. The van der Waals surface area contributed by atoms with E-state index in [9.17, 15) is 14.7 Å². The first-order valence-corrected chi connectivity index (χ1v) is 11.8. The van der Waals surface area contributed by atoms with Crippen molar-refractivity contribution in [3.05, 3.63) is 89.0 Å². The molecule has 1 saturated heterocycles. The van der Waals surface area contributed by atoms with E-state index in [1.165, 1.54) is 4.90 Å². The second-order valence-electron chi connectivity index (χ2n) is 8.26. The lowest BCUT2D eigenvalue weighted by Gasteiger charge is -2.26. The van der Waals surface area contributed by atoms with E-state index in [4.69, 9.17) is 14.2 Å². The summed E-state index contributed by atoms with van der Waals surface area (Å²) >= 11 is 0. The molecule has 1 aliphatic rings. The van der Waals surface area contributed by atoms with Gasteiger partial charge in [0.25, 0.3) is 11.7 Å². The molecule has 3 aromatic carbocycles. The van der Waals surface area contributed by atoms with Gasteiger partial charge in [-0.05, 0) is 62.2 Å². The molecule has 186 valence electrons. The maximum absolute atomic E-state index is 13.4. The Morgan fingerprint density at radius 2 is 1.61 bits per heavy atom. The van der Waals surface area contributed by atoms with Crippen LogP contribution in [0.25, 0.3) is 5.76 Å². The molecule has 0 spiro atoms. The van der Waals surface area contributed by atoms with Crippen LogP contribution in [0.15, 0.2) is 72.3 Å². The minimum Gasteiger partial charge on any atom is -0.507 e. The van der Waals surface area contributed by atoms with Gasteiger partial charge in [0.1, 0.15) is 11.5 Å². The number of hydrogen-bond acceptors (Lipinski definition) is 6. The van der Waals surface area contributed by atoms with Crippen LogP contribution in [-0.2, 0) is 9.59 Å². The summed E-state index contributed by atoms with van der Waals surface area (Å²) in [7, 11) is 1.56. The van der Waals surface area contributed by atoms with Gasteiger partial charge in [-0.1, -0.05) is 30.3 Å². The molecular weight excluding hydrogens is 458 g/mol. The third-order valence-electron chi connectivity index (χ3n) is 6.05. The quantitative estimate of drug-likeness (QED) is 0.259. The van der Waals surface area contributed by atoms with Gasteiger partial charge >= 0.3 is 0 Å². The number of ketones is 1. The predicted molar refractivity (Wildman–Crippen MR) is 138 cm³/mol. The maximum Gasteiger partial charge on any atom is 0.300 e. The Bertz CT molecular complexity index is 1310. The van der Waals surface area contributed by atoms with Crippen LogP contribution in [-0.4, -0.2) is 37.1 Å². The fourth-order valence-corrected chi connectivity index (χ4v) is 4.41. The van der Waals surface area contributed by atoms with E-state index in [0.29, 0.717) is 52.8 Å². The van der Waals surface area contributed by atoms with Crippen molar-refractivity contribution in [2.75, 3.05) is 25.2 Å². The van der Waals surface area contributed by atoms with E-state index in [1.54, 1.807) is 43.5 Å². The van der Waals surface area contributed by atoms with Crippen LogP contribution < -0.4 is 19.1 Å². The molecule has 1 fully saturated rings. The molecule has 7 nitrogen and oxygen atoms in total. The number of rotatable bonds is 8. The Hall–Kier alpha value is -4.26. The lowest BCUT2D eigenvalue weighted by Crippen LogP contribution is -2.29. The molecule has 1 unspecified atom stereocenters. The highest BCUT2D eigenvalue weighted by molar-refractivity contribution is 6.51. The number of nitrogens with zero attached hydrogens (tertiary/aromatic N) is 1. The molecule has 0 saturated carbocycles. The highest BCUT2D eigenvalue weighted by atomic mass is 16.5. The molecule has 1 N–H and O–H groups in total. The number of aliphatic hydroxyl groups excluding tert-OH is 1. The van der Waals surface area contributed by atoms with Crippen molar-refractivity contribution in [3.63, 3.8) is 0 Å². The summed E-state index contributed by atoms with van der Waals surface area (Å²) in [4.78, 5) is 28.3. The minimum absolute atomic E-state index is 0.0197. The van der Waals surface area contributed by atoms with Gasteiger partial charge in [-0.15, -0.1) is 0 Å². The van der Waals surface area contributed by atoms with Gasteiger partial charge in [-0.25, -0.2) is 0 Å². The zero-order chi connectivity index (χ0) is 25.8. The molecule has 0 aromatic heterocycles. The van der Waals surface area contributed by atoms with Crippen LogP contribution in [0.4, 0.5) is 5.69 Å². The number of Topliss-reactive ketones (excluding diaryl/α,β-unsaturated/α-hetero) is 1. The molecular formula is C29H29NO6. The summed E-state index contributed by atoms with van der Waals surface area (Å²) in [5.74, 6) is -0.0873. The van der Waals surface area contributed by atoms with Crippen molar-refractivity contribution < 1.29 is 28.9 Å². The van der Waals surface area contributed by atoms with Crippen LogP contribution in [0.2, 0.25) is 0 Å². The van der Waals surface area contributed by atoms with Gasteiger partial charge in [0.15, 0.2) is 11.5 Å². The first-order valence-electron chi connectivity index (χ1n) is 11.8. The highest BCUT2D eigenvalue weighted by Crippen LogP contribution is 2.44. The number of aliphatic hydroxyl groups is 1. The number of methoxy groups -OCH3 is 1. The summed E-state index contributed by atoms with van der Waals surface area (Å²) in [5.41, 5.74) is 2.34. The SMILES string of the molecule is CCOc1ccc(N2C(=O)C(=O)/C(=C(/O)c3ccc(OC)cc3C)C2c2ccccc2)cc1OCC. The fraction of sp³-hybridized carbons (Fsp3) is 0.241. The molecule has 1 amide bonds. The summed E-state index contributed by atoms with van der Waals surface area (Å²) in [6.07, 6.45) is 0. The second-order valence-corrected chi connectivity index (χ2v) is 8.26. The molecule has 1 heterocycles. The number of anilines is 1. The van der Waals surface area contributed by atoms with E-state index < -0.39 is 17.7 Å². The standard InChI is InChI=1S/C29H29NO6/c1-5-35-23-15-12-20(17-24(23)36-6-2)30-26(19-10-8-7-9-11-19)25(28(32)29(30)33)27(31)22-14-13-21(34-4)16-18(22)3/h7-17,26,31H,5-6H2,1-4H3/b27-25+. The Kier molecular flexibility index (Phi) is 7.29. The van der Waals surface area contributed by atoms with E-state index in [0.717, 1.165) is 0 Å². The van der Waals surface area contributed by atoms with Crippen LogP contribution in [0.1, 0.15) is 36.6 Å². The predicted octanol–water partition coefficient (Wildman–Crippen LogP) is 5.43. The van der Waals surface area contributed by atoms with Crippen LogP contribution in [0, 0.1) is 6.92 Å². The van der Waals surface area contributed by atoms with Crippen molar-refractivity contribution in [2.24, 2.45) is 0 Å². The van der Waals surface area contributed by atoms with Gasteiger partial charge in [0, 0.05) is 17.3 Å². The van der Waals surface area contributed by atoms with Crippen LogP contribution in [0.3, 0.4) is 0 Å². The summed E-state index contributed by atoms with van der Waals surface area (Å²) < 4.78 is 16.7. The average Bonchev–Trinajstić information content (AvgIpc) is 3.15. The summed E-state index contributed by atoms with van der Waals surface area (Å²) in [6, 6.07) is 18.6. The molecule has 3 aromatic rings. The number of ether oxygens (including phenoxy) is 3. The lowest BCUT2D eigenvalue weighted by molar-refractivity contribution is -0.132. The third kappa shape index (κ3) is 4.52. The molecule has 1 aliphatic heterocycles. The number of amides is 1. The summed E-state index contributed by atoms with van der Waals surface area (Å²) in [5, 5.41) is 11.4. The van der Waals surface area contributed by atoms with Crippen LogP contribution >= 0.6 is 0 Å². The number of benzene rings is 3. The van der Waals surface area contributed by atoms with Crippen molar-refractivity contribution in [1.29, 1.82) is 0 Å².